The molecule has 0 fully saturated rings. The van der Waals surface area contributed by atoms with Crippen molar-refractivity contribution in [3.8, 4) is 0 Å². The zero-order chi connectivity index (χ0) is 17.2. The van der Waals surface area contributed by atoms with Crippen LogP contribution in [-0.2, 0) is 4.74 Å². The van der Waals surface area contributed by atoms with E-state index >= 15 is 0 Å². The molecule has 0 N–H and O–H groups in total. The van der Waals surface area contributed by atoms with E-state index in [4.69, 9.17) is 0 Å². The molecular formula is C8H7FN4O9. The molecule has 0 bridgehead atoms. The van der Waals surface area contributed by atoms with Crippen molar-refractivity contribution in [2.45, 2.75) is 11.8 Å². The molecule has 0 aromatic rings. The van der Waals surface area contributed by atoms with E-state index in [1.165, 1.54) is 0 Å². The van der Waals surface area contributed by atoms with Gasteiger partial charge in [-0.05, 0) is 6.08 Å². The van der Waals surface area contributed by atoms with Gasteiger partial charge in [0, 0.05) is 11.0 Å². The van der Waals surface area contributed by atoms with E-state index in [2.05, 4.69) is 4.74 Å². The van der Waals surface area contributed by atoms with Crippen LogP contribution in [0.25, 0.3) is 0 Å². The van der Waals surface area contributed by atoms with Crippen molar-refractivity contribution in [2.75, 3.05) is 7.11 Å². The van der Waals surface area contributed by atoms with Crippen LogP contribution >= 0.6 is 0 Å². The smallest absolute Gasteiger partial charge is 0.494 e. The highest BCUT2D eigenvalue weighted by Gasteiger charge is 2.78. The number of ether oxygens (including phenoxy) is 1. The van der Waals surface area contributed by atoms with Crippen molar-refractivity contribution in [1.29, 1.82) is 0 Å². The monoisotopic (exact) mass is 322 g/mol. The first-order chi connectivity index (χ1) is 10.1. The molecule has 13 nitrogen and oxygen atoms in total. The first-order valence-corrected chi connectivity index (χ1v) is 5.30. The minimum Gasteiger partial charge on any atom is -0.494 e. The standard InChI is InChI=1S/C8H7FN4O9/c1-22-7-2-4(5(9)3-6(7)10(14)15)8(11(16)17,12(18)19)13(20)21/h2-4,6H,1H3/t4-,6+/m1/s1. The van der Waals surface area contributed by atoms with Crippen LogP contribution in [0.15, 0.2) is 23.7 Å². The minimum absolute atomic E-state index is 0.189. The lowest BCUT2D eigenvalue weighted by Gasteiger charge is -2.20. The lowest BCUT2D eigenvalue weighted by Crippen LogP contribution is -2.59. The molecule has 0 aromatic heterocycles. The molecule has 22 heavy (non-hydrogen) atoms. The van der Waals surface area contributed by atoms with Crippen molar-refractivity contribution in [3.63, 3.8) is 0 Å². The van der Waals surface area contributed by atoms with Gasteiger partial charge < -0.3 is 4.74 Å². The molecule has 1 aliphatic carbocycles. The average Bonchev–Trinajstić information content (AvgIpc) is 2.39. The largest absolute Gasteiger partial charge is 0.712 e. The van der Waals surface area contributed by atoms with Crippen molar-refractivity contribution in [2.24, 2.45) is 5.92 Å². The summed E-state index contributed by atoms with van der Waals surface area (Å²) in [5, 5.41) is 43.4. The Kier molecular flexibility index (Phi) is 4.34. The van der Waals surface area contributed by atoms with E-state index in [0.29, 0.717) is 6.08 Å². The summed E-state index contributed by atoms with van der Waals surface area (Å²) in [6.07, 6.45) is 0.492. The lowest BCUT2D eigenvalue weighted by molar-refractivity contribution is -0.975. The molecule has 0 aromatic carbocycles. The molecule has 14 heteroatoms. The van der Waals surface area contributed by atoms with Gasteiger partial charge in [-0.15, -0.1) is 0 Å². The fraction of sp³-hybridized carbons (Fsp3) is 0.500. The molecule has 0 unspecified atom stereocenters. The highest BCUT2D eigenvalue weighted by atomic mass is 19.1. The summed E-state index contributed by atoms with van der Waals surface area (Å²) in [5.74, 6) is -9.19. The molecule has 120 valence electrons. The molecule has 0 aliphatic heterocycles. The Morgan fingerprint density at radius 3 is 1.82 bits per heavy atom. The van der Waals surface area contributed by atoms with Crippen LogP contribution in [0.4, 0.5) is 4.39 Å². The van der Waals surface area contributed by atoms with Crippen molar-refractivity contribution < 1.29 is 28.8 Å². The SMILES string of the molecule is COC1=C[C@@H](C([N+](=O)[O-])([N+](=O)[O-])[N+](=O)[O-])C(F)=C[C@@H]1[N+](=O)[O-]. The molecule has 0 amide bonds. The maximum atomic E-state index is 13.9. The van der Waals surface area contributed by atoms with Gasteiger partial charge in [0.2, 0.25) is 0 Å². The summed E-state index contributed by atoms with van der Waals surface area (Å²) in [6.45, 7) is 0. The molecule has 2 atom stereocenters. The number of hydrogen-bond donors (Lipinski definition) is 0. The summed E-state index contributed by atoms with van der Waals surface area (Å²) in [5.41, 5.74) is 0. The summed E-state index contributed by atoms with van der Waals surface area (Å²) in [4.78, 5) is 36.7. The van der Waals surface area contributed by atoms with Crippen LogP contribution in [0.2, 0.25) is 0 Å². The average molecular weight is 322 g/mol. The Morgan fingerprint density at radius 2 is 1.50 bits per heavy atom. The second-order valence-electron chi connectivity index (χ2n) is 3.99. The Morgan fingerprint density at radius 1 is 1.05 bits per heavy atom. The van der Waals surface area contributed by atoms with Crippen LogP contribution in [-0.4, -0.2) is 38.6 Å². The molecular weight excluding hydrogens is 315 g/mol. The number of rotatable bonds is 6. The minimum atomic E-state index is -4.16. The number of nitrogens with zero attached hydrogens (tertiary/aromatic N) is 4. The van der Waals surface area contributed by atoms with E-state index in [1.54, 1.807) is 0 Å². The molecule has 1 aliphatic rings. The number of halogens is 1. The van der Waals surface area contributed by atoms with Gasteiger partial charge in [0.1, 0.15) is 5.83 Å². The van der Waals surface area contributed by atoms with Gasteiger partial charge in [-0.1, -0.05) is 0 Å². The van der Waals surface area contributed by atoms with Gasteiger partial charge in [-0.25, -0.2) is 4.39 Å². The third-order valence-corrected chi connectivity index (χ3v) is 2.92. The number of methoxy groups -OCH3 is 1. The quantitative estimate of drug-likeness (QED) is 0.372. The molecule has 0 spiro atoms. The van der Waals surface area contributed by atoms with E-state index < -0.39 is 49.0 Å². The van der Waals surface area contributed by atoms with Gasteiger partial charge in [0.05, 0.1) is 7.11 Å². The van der Waals surface area contributed by atoms with E-state index in [-0.39, 0.29) is 6.08 Å². The Hall–Kier alpha value is -3.19. The normalized spacial score (nSPS) is 21.4. The third-order valence-electron chi connectivity index (χ3n) is 2.92. The van der Waals surface area contributed by atoms with Crippen LogP contribution in [0.3, 0.4) is 0 Å². The molecule has 0 saturated heterocycles. The van der Waals surface area contributed by atoms with E-state index in [9.17, 15) is 44.8 Å². The first-order valence-electron chi connectivity index (χ1n) is 5.30. The Labute approximate surface area is 119 Å². The van der Waals surface area contributed by atoms with Gasteiger partial charge >= 0.3 is 5.79 Å². The van der Waals surface area contributed by atoms with Gasteiger partial charge in [-0.3, -0.25) is 40.5 Å². The third kappa shape index (κ3) is 2.29. The van der Waals surface area contributed by atoms with Gasteiger partial charge in [0.15, 0.2) is 20.5 Å². The molecule has 1 rings (SSSR count). The zero-order valence-corrected chi connectivity index (χ0v) is 10.7. The zero-order valence-electron chi connectivity index (χ0n) is 10.7. The van der Waals surface area contributed by atoms with E-state index in [1.807, 2.05) is 0 Å². The first kappa shape index (κ1) is 16.9. The Balaban J connectivity index is 3.58. The van der Waals surface area contributed by atoms with Gasteiger partial charge in [-0.2, -0.15) is 0 Å². The lowest BCUT2D eigenvalue weighted by atomic mass is 9.92. The molecule has 0 heterocycles. The van der Waals surface area contributed by atoms with Crippen LogP contribution in [0.5, 0.6) is 0 Å². The maximum absolute atomic E-state index is 13.9. The summed E-state index contributed by atoms with van der Waals surface area (Å²) in [7, 11) is 0.891. The molecule has 0 saturated carbocycles. The predicted molar refractivity (Wildman–Crippen MR) is 62.3 cm³/mol. The topological polar surface area (TPSA) is 182 Å². The predicted octanol–water partition coefficient (Wildman–Crippen LogP) is 0.129. The van der Waals surface area contributed by atoms with Gasteiger partial charge in [0.25, 0.3) is 12.0 Å². The number of hydrogen-bond acceptors (Lipinski definition) is 9. The Bertz CT molecular complexity index is 579. The van der Waals surface area contributed by atoms with Crippen LogP contribution < -0.4 is 0 Å². The van der Waals surface area contributed by atoms with Crippen molar-refractivity contribution >= 4 is 0 Å². The van der Waals surface area contributed by atoms with Crippen molar-refractivity contribution in [3.05, 3.63) is 64.2 Å². The fourth-order valence-corrected chi connectivity index (χ4v) is 1.87. The van der Waals surface area contributed by atoms with E-state index in [0.717, 1.165) is 7.11 Å². The van der Waals surface area contributed by atoms with Crippen LogP contribution in [0.1, 0.15) is 0 Å². The maximum Gasteiger partial charge on any atom is 0.712 e. The summed E-state index contributed by atoms with van der Waals surface area (Å²) >= 11 is 0. The highest BCUT2D eigenvalue weighted by molar-refractivity contribution is 5.25. The fourth-order valence-electron chi connectivity index (χ4n) is 1.87. The second-order valence-corrected chi connectivity index (χ2v) is 3.99. The highest BCUT2D eigenvalue weighted by Crippen LogP contribution is 2.36. The van der Waals surface area contributed by atoms with Crippen LogP contribution in [0, 0.1) is 46.4 Å². The summed E-state index contributed by atoms with van der Waals surface area (Å²) in [6, 6.07) is -1.90. The number of nitro groups is 4. The molecule has 0 radical (unpaired) electrons. The second kappa shape index (κ2) is 5.66. The summed E-state index contributed by atoms with van der Waals surface area (Å²) < 4.78 is 18.4. The van der Waals surface area contributed by atoms with Crippen molar-refractivity contribution in [1.82, 2.24) is 0 Å².